The van der Waals surface area contributed by atoms with E-state index in [1.165, 1.54) is 11.3 Å². The van der Waals surface area contributed by atoms with Gasteiger partial charge in [0.15, 0.2) is 0 Å². The molecule has 5 heteroatoms. The first-order valence-corrected chi connectivity index (χ1v) is 7.96. The van der Waals surface area contributed by atoms with Crippen LogP contribution in [0.2, 0.25) is 0 Å². The summed E-state index contributed by atoms with van der Waals surface area (Å²) in [6, 6.07) is 6.89. The molecule has 1 N–H and O–H groups in total. The van der Waals surface area contributed by atoms with Gasteiger partial charge in [-0.2, -0.15) is 0 Å². The van der Waals surface area contributed by atoms with Gasteiger partial charge in [0.25, 0.3) is 0 Å². The highest BCUT2D eigenvalue weighted by molar-refractivity contribution is 9.10. The molecule has 4 nitrogen and oxygen atoms in total. The Kier molecular flexibility index (Phi) is 5.42. The molecule has 0 aliphatic carbocycles. The average Bonchev–Trinajstić information content (AvgIpc) is 2.82. The van der Waals surface area contributed by atoms with Crippen molar-refractivity contribution in [3.63, 3.8) is 0 Å². The molecule has 1 aromatic heterocycles. The summed E-state index contributed by atoms with van der Waals surface area (Å²) in [6.07, 6.45) is 3.82. The summed E-state index contributed by atoms with van der Waals surface area (Å²) in [5, 5.41) is 3.49. The molecule has 0 unspecified atom stereocenters. The lowest BCUT2D eigenvalue weighted by atomic mass is 10.1. The van der Waals surface area contributed by atoms with Crippen LogP contribution in [-0.4, -0.2) is 22.6 Å². The minimum atomic E-state index is 0.469. The number of hydrogen-bond donors (Lipinski definition) is 1. The van der Waals surface area contributed by atoms with Crippen molar-refractivity contribution in [2.75, 3.05) is 11.9 Å². The van der Waals surface area contributed by atoms with Crippen molar-refractivity contribution >= 4 is 21.6 Å². The van der Waals surface area contributed by atoms with Gasteiger partial charge < -0.3 is 14.8 Å². The van der Waals surface area contributed by atoms with Crippen LogP contribution in [0.3, 0.4) is 0 Å². The molecule has 0 bridgehead atoms. The zero-order valence-electron chi connectivity index (χ0n) is 13.1. The Balaban J connectivity index is 2.19. The highest BCUT2D eigenvalue weighted by Crippen LogP contribution is 2.25. The van der Waals surface area contributed by atoms with Crippen LogP contribution in [0.15, 0.2) is 35.1 Å². The molecule has 0 amide bonds. The molecule has 0 atom stereocenters. The Morgan fingerprint density at radius 1 is 1.38 bits per heavy atom. The predicted octanol–water partition coefficient (Wildman–Crippen LogP) is 3.32. The molecule has 0 saturated carbocycles. The largest absolute Gasteiger partial charge is 0.367 e. The SMILES string of the molecule is CC(C)NCc1cc(Br)ccc1N(C)Cc1nccn1C. The van der Waals surface area contributed by atoms with Gasteiger partial charge >= 0.3 is 0 Å². The summed E-state index contributed by atoms with van der Waals surface area (Å²) >= 11 is 3.56. The molecule has 2 rings (SSSR count). The number of halogens is 1. The van der Waals surface area contributed by atoms with Crippen molar-refractivity contribution in [3.05, 3.63) is 46.5 Å². The molecule has 0 fully saturated rings. The number of nitrogens with zero attached hydrogens (tertiary/aromatic N) is 3. The molecule has 0 spiro atoms. The molecule has 0 aliphatic rings. The molecule has 1 heterocycles. The van der Waals surface area contributed by atoms with E-state index in [-0.39, 0.29) is 0 Å². The van der Waals surface area contributed by atoms with Gasteiger partial charge in [0, 0.05) is 49.2 Å². The van der Waals surface area contributed by atoms with Gasteiger partial charge in [0.05, 0.1) is 6.54 Å². The minimum absolute atomic E-state index is 0.469. The van der Waals surface area contributed by atoms with E-state index >= 15 is 0 Å². The Labute approximate surface area is 135 Å². The minimum Gasteiger partial charge on any atom is -0.367 e. The number of benzene rings is 1. The third kappa shape index (κ3) is 4.32. The lowest BCUT2D eigenvalue weighted by Gasteiger charge is -2.23. The maximum absolute atomic E-state index is 4.40. The van der Waals surface area contributed by atoms with Crippen molar-refractivity contribution < 1.29 is 0 Å². The van der Waals surface area contributed by atoms with Gasteiger partial charge in [-0.3, -0.25) is 0 Å². The normalized spacial score (nSPS) is 11.1. The molecular formula is C16H23BrN4. The molecule has 2 aromatic rings. The van der Waals surface area contributed by atoms with Gasteiger partial charge in [-0.05, 0) is 23.8 Å². The zero-order valence-corrected chi connectivity index (χ0v) is 14.7. The second-order valence-electron chi connectivity index (χ2n) is 5.62. The molecule has 1 aromatic carbocycles. The van der Waals surface area contributed by atoms with Crippen LogP contribution in [0.1, 0.15) is 25.2 Å². The Hall–Kier alpha value is -1.33. The van der Waals surface area contributed by atoms with Gasteiger partial charge in [0.2, 0.25) is 0 Å². The summed E-state index contributed by atoms with van der Waals surface area (Å²) in [5.41, 5.74) is 2.52. The fourth-order valence-electron chi connectivity index (χ4n) is 2.23. The first-order valence-electron chi connectivity index (χ1n) is 7.16. The summed E-state index contributed by atoms with van der Waals surface area (Å²) in [4.78, 5) is 6.64. The second-order valence-corrected chi connectivity index (χ2v) is 6.53. The molecule has 0 aliphatic heterocycles. The third-order valence-corrected chi connectivity index (χ3v) is 3.95. The first-order chi connectivity index (χ1) is 9.97. The molecule has 21 heavy (non-hydrogen) atoms. The quantitative estimate of drug-likeness (QED) is 0.867. The summed E-state index contributed by atoms with van der Waals surface area (Å²) < 4.78 is 3.17. The molecule has 0 saturated heterocycles. The van der Waals surface area contributed by atoms with E-state index in [1.807, 2.05) is 19.4 Å². The van der Waals surface area contributed by atoms with E-state index in [9.17, 15) is 0 Å². The second kappa shape index (κ2) is 7.09. The smallest absolute Gasteiger partial charge is 0.127 e. The number of hydrogen-bond acceptors (Lipinski definition) is 3. The highest BCUT2D eigenvalue weighted by Gasteiger charge is 2.11. The summed E-state index contributed by atoms with van der Waals surface area (Å²) in [6.45, 7) is 5.97. The lowest BCUT2D eigenvalue weighted by molar-refractivity contribution is 0.588. The average molecular weight is 351 g/mol. The maximum atomic E-state index is 4.40. The fourth-order valence-corrected chi connectivity index (χ4v) is 2.64. The lowest BCUT2D eigenvalue weighted by Crippen LogP contribution is -2.25. The molecule has 0 radical (unpaired) electrons. The fraction of sp³-hybridized carbons (Fsp3) is 0.438. The van der Waals surface area contributed by atoms with Gasteiger partial charge in [0.1, 0.15) is 5.82 Å². The van der Waals surface area contributed by atoms with Crippen LogP contribution in [0, 0.1) is 0 Å². The van der Waals surface area contributed by atoms with E-state index in [1.54, 1.807) is 0 Å². The number of anilines is 1. The van der Waals surface area contributed by atoms with Crippen LogP contribution in [-0.2, 0) is 20.1 Å². The molecular weight excluding hydrogens is 328 g/mol. The number of rotatable bonds is 6. The Bertz CT molecular complexity index is 592. The Morgan fingerprint density at radius 3 is 2.76 bits per heavy atom. The zero-order chi connectivity index (χ0) is 15.4. The van der Waals surface area contributed by atoms with Crippen molar-refractivity contribution in [1.82, 2.24) is 14.9 Å². The third-order valence-electron chi connectivity index (χ3n) is 3.45. The maximum Gasteiger partial charge on any atom is 0.127 e. The van der Waals surface area contributed by atoms with E-state index in [0.29, 0.717) is 6.04 Å². The molecule has 114 valence electrons. The van der Waals surface area contributed by atoms with Crippen molar-refractivity contribution in [3.8, 4) is 0 Å². The standard InChI is InChI=1S/C16H23BrN4/c1-12(2)19-10-13-9-14(17)5-6-15(13)21(4)11-16-18-7-8-20(16)3/h5-9,12,19H,10-11H2,1-4H3. The van der Waals surface area contributed by atoms with Gasteiger partial charge in [-0.25, -0.2) is 4.98 Å². The van der Waals surface area contributed by atoms with E-state index in [2.05, 4.69) is 74.8 Å². The van der Waals surface area contributed by atoms with Crippen LogP contribution < -0.4 is 10.2 Å². The van der Waals surface area contributed by atoms with Crippen molar-refractivity contribution in [2.24, 2.45) is 7.05 Å². The summed E-state index contributed by atoms with van der Waals surface area (Å²) in [5.74, 6) is 1.06. The van der Waals surface area contributed by atoms with Crippen LogP contribution in [0.25, 0.3) is 0 Å². The number of nitrogens with one attached hydrogen (secondary N) is 1. The topological polar surface area (TPSA) is 33.1 Å². The van der Waals surface area contributed by atoms with Crippen LogP contribution in [0.5, 0.6) is 0 Å². The van der Waals surface area contributed by atoms with Crippen LogP contribution in [0.4, 0.5) is 5.69 Å². The monoisotopic (exact) mass is 350 g/mol. The van der Waals surface area contributed by atoms with Crippen LogP contribution >= 0.6 is 15.9 Å². The van der Waals surface area contributed by atoms with E-state index < -0.39 is 0 Å². The summed E-state index contributed by atoms with van der Waals surface area (Å²) in [7, 11) is 4.13. The van der Waals surface area contributed by atoms with Crippen molar-refractivity contribution in [2.45, 2.75) is 33.0 Å². The highest BCUT2D eigenvalue weighted by atomic mass is 79.9. The van der Waals surface area contributed by atoms with E-state index in [4.69, 9.17) is 0 Å². The van der Waals surface area contributed by atoms with E-state index in [0.717, 1.165) is 23.4 Å². The van der Waals surface area contributed by atoms with Gasteiger partial charge in [-0.1, -0.05) is 29.8 Å². The van der Waals surface area contributed by atoms with Gasteiger partial charge in [-0.15, -0.1) is 0 Å². The predicted molar refractivity (Wildman–Crippen MR) is 91.4 cm³/mol. The number of aryl methyl sites for hydroxylation is 1. The number of imidazole rings is 1. The Morgan fingerprint density at radius 2 is 2.14 bits per heavy atom. The van der Waals surface area contributed by atoms with Crippen molar-refractivity contribution in [1.29, 1.82) is 0 Å². The number of aromatic nitrogens is 2. The first kappa shape index (κ1) is 16.0.